The van der Waals surface area contributed by atoms with E-state index in [1.165, 1.54) is 54.4 Å². The first-order chi connectivity index (χ1) is 9.33. The zero-order valence-electron chi connectivity index (χ0n) is 12.4. The molecule has 1 saturated heterocycles. The molecule has 0 spiro atoms. The van der Waals surface area contributed by atoms with Gasteiger partial charge in [0, 0.05) is 11.4 Å². The van der Waals surface area contributed by atoms with Crippen LogP contribution < -0.4 is 5.32 Å². The number of likely N-dealkylation sites (tertiary alicyclic amines) is 1. The van der Waals surface area contributed by atoms with Gasteiger partial charge in [-0.15, -0.1) is 11.3 Å². The zero-order chi connectivity index (χ0) is 13.5. The Bertz CT molecular complexity index is 369. The highest BCUT2D eigenvalue weighted by atomic mass is 32.1. The lowest BCUT2D eigenvalue weighted by molar-refractivity contribution is 0.330. The van der Waals surface area contributed by atoms with Crippen molar-refractivity contribution in [3.05, 3.63) is 15.6 Å². The number of nitrogens with one attached hydrogen (secondary N) is 1. The smallest absolute Gasteiger partial charge is 0.107 e. The van der Waals surface area contributed by atoms with Crippen molar-refractivity contribution in [3.63, 3.8) is 0 Å². The third-order valence-electron chi connectivity index (χ3n) is 3.71. The Morgan fingerprint density at radius 1 is 1.26 bits per heavy atom. The summed E-state index contributed by atoms with van der Waals surface area (Å²) in [4.78, 5) is 8.81. The molecule has 1 N–H and O–H groups in total. The Morgan fingerprint density at radius 3 is 2.74 bits per heavy atom. The topological polar surface area (TPSA) is 28.2 Å². The number of hydrogen-bond acceptors (Lipinski definition) is 4. The standard InChI is InChI=1S/C15H27N3S/c1-3-5-8-16-11-14-13(4-2)17-15(19-14)12-18-9-6-7-10-18/h16H,3-12H2,1-2H3. The van der Waals surface area contributed by atoms with Gasteiger partial charge >= 0.3 is 0 Å². The third kappa shape index (κ3) is 4.55. The Labute approximate surface area is 121 Å². The minimum Gasteiger partial charge on any atom is -0.312 e. The maximum atomic E-state index is 4.83. The van der Waals surface area contributed by atoms with Crippen LogP contribution in [0.3, 0.4) is 0 Å². The molecule has 1 aromatic heterocycles. The van der Waals surface area contributed by atoms with Gasteiger partial charge in [-0.1, -0.05) is 20.3 Å². The molecule has 108 valence electrons. The Morgan fingerprint density at radius 2 is 2.05 bits per heavy atom. The van der Waals surface area contributed by atoms with E-state index in [1.54, 1.807) is 0 Å². The highest BCUT2D eigenvalue weighted by molar-refractivity contribution is 7.11. The van der Waals surface area contributed by atoms with Crippen molar-refractivity contribution < 1.29 is 0 Å². The van der Waals surface area contributed by atoms with E-state index in [9.17, 15) is 0 Å². The SMILES string of the molecule is CCCCNCc1sc(CN2CCCC2)nc1CC. The summed E-state index contributed by atoms with van der Waals surface area (Å²) in [5.41, 5.74) is 1.31. The van der Waals surface area contributed by atoms with Crippen LogP contribution in [0.15, 0.2) is 0 Å². The van der Waals surface area contributed by atoms with Gasteiger partial charge in [-0.2, -0.15) is 0 Å². The van der Waals surface area contributed by atoms with Crippen molar-refractivity contribution in [1.82, 2.24) is 15.2 Å². The molecule has 0 saturated carbocycles. The van der Waals surface area contributed by atoms with Gasteiger partial charge in [0.1, 0.15) is 5.01 Å². The van der Waals surface area contributed by atoms with Crippen molar-refractivity contribution in [2.24, 2.45) is 0 Å². The van der Waals surface area contributed by atoms with Crippen LogP contribution in [0.2, 0.25) is 0 Å². The molecule has 0 unspecified atom stereocenters. The van der Waals surface area contributed by atoms with E-state index >= 15 is 0 Å². The second-order valence-electron chi connectivity index (χ2n) is 5.34. The van der Waals surface area contributed by atoms with Crippen LogP contribution in [0.5, 0.6) is 0 Å². The normalized spacial score (nSPS) is 16.3. The lowest BCUT2D eigenvalue weighted by Crippen LogP contribution is -2.18. The first kappa shape index (κ1) is 14.9. The first-order valence-corrected chi connectivity index (χ1v) is 8.55. The second-order valence-corrected chi connectivity index (χ2v) is 6.51. The largest absolute Gasteiger partial charge is 0.312 e. The van der Waals surface area contributed by atoms with E-state index < -0.39 is 0 Å². The molecule has 2 rings (SSSR count). The molecule has 19 heavy (non-hydrogen) atoms. The minimum atomic E-state index is 1.00. The monoisotopic (exact) mass is 281 g/mol. The number of nitrogens with zero attached hydrogens (tertiary/aromatic N) is 2. The summed E-state index contributed by atoms with van der Waals surface area (Å²) in [6.07, 6.45) is 6.30. The maximum absolute atomic E-state index is 4.83. The van der Waals surface area contributed by atoms with Crippen molar-refractivity contribution in [2.45, 2.75) is 59.0 Å². The summed E-state index contributed by atoms with van der Waals surface area (Å²) >= 11 is 1.91. The van der Waals surface area contributed by atoms with Crippen molar-refractivity contribution in [3.8, 4) is 0 Å². The molecule has 1 aliphatic rings. The molecule has 0 amide bonds. The quantitative estimate of drug-likeness (QED) is 0.742. The summed E-state index contributed by atoms with van der Waals surface area (Å²) in [7, 11) is 0. The average molecular weight is 281 g/mol. The van der Waals surface area contributed by atoms with E-state index in [0.717, 1.165) is 26.1 Å². The number of aryl methyl sites for hydroxylation is 1. The molecule has 2 heterocycles. The van der Waals surface area contributed by atoms with E-state index in [1.807, 2.05) is 11.3 Å². The third-order valence-corrected chi connectivity index (χ3v) is 4.79. The fourth-order valence-electron chi connectivity index (χ4n) is 2.55. The van der Waals surface area contributed by atoms with Crippen molar-refractivity contribution >= 4 is 11.3 Å². The number of rotatable bonds is 8. The molecule has 3 nitrogen and oxygen atoms in total. The molecular weight excluding hydrogens is 254 g/mol. The van der Waals surface area contributed by atoms with Gasteiger partial charge in [0.2, 0.25) is 0 Å². The minimum absolute atomic E-state index is 1.00. The number of unbranched alkanes of at least 4 members (excludes halogenated alkanes) is 1. The summed E-state index contributed by atoms with van der Waals surface area (Å²) in [5, 5.41) is 4.85. The molecule has 1 aliphatic heterocycles. The van der Waals surface area contributed by atoms with Crippen molar-refractivity contribution in [1.29, 1.82) is 0 Å². The fraction of sp³-hybridized carbons (Fsp3) is 0.800. The second kappa shape index (κ2) is 7.98. The van der Waals surface area contributed by atoms with E-state index in [0.29, 0.717) is 0 Å². The predicted molar refractivity (Wildman–Crippen MR) is 82.6 cm³/mol. The van der Waals surface area contributed by atoms with E-state index in [4.69, 9.17) is 4.98 Å². The predicted octanol–water partition coefficient (Wildman–Crippen LogP) is 3.19. The van der Waals surface area contributed by atoms with Crippen LogP contribution in [0.25, 0.3) is 0 Å². The van der Waals surface area contributed by atoms with Crippen LogP contribution in [-0.4, -0.2) is 29.5 Å². The van der Waals surface area contributed by atoms with Crippen LogP contribution in [-0.2, 0) is 19.5 Å². The average Bonchev–Trinajstić information content (AvgIpc) is 3.05. The first-order valence-electron chi connectivity index (χ1n) is 7.74. The van der Waals surface area contributed by atoms with Crippen LogP contribution in [0, 0.1) is 0 Å². The molecule has 1 aromatic rings. The van der Waals surface area contributed by atoms with Crippen LogP contribution >= 0.6 is 11.3 Å². The zero-order valence-corrected chi connectivity index (χ0v) is 13.2. The van der Waals surface area contributed by atoms with Gasteiger partial charge in [-0.3, -0.25) is 4.90 Å². The highest BCUT2D eigenvalue weighted by Crippen LogP contribution is 2.22. The number of hydrogen-bond donors (Lipinski definition) is 1. The maximum Gasteiger partial charge on any atom is 0.107 e. The molecule has 0 aliphatic carbocycles. The number of aromatic nitrogens is 1. The summed E-state index contributed by atoms with van der Waals surface area (Å²) in [6, 6.07) is 0. The van der Waals surface area contributed by atoms with Crippen LogP contribution in [0.4, 0.5) is 0 Å². The Balaban J connectivity index is 1.88. The van der Waals surface area contributed by atoms with Gasteiger partial charge in [0.05, 0.1) is 12.2 Å². The summed E-state index contributed by atoms with van der Waals surface area (Å²) in [5.74, 6) is 0. The highest BCUT2D eigenvalue weighted by Gasteiger charge is 2.15. The van der Waals surface area contributed by atoms with Gasteiger partial charge < -0.3 is 5.32 Å². The Kier molecular flexibility index (Phi) is 6.28. The van der Waals surface area contributed by atoms with Crippen LogP contribution in [0.1, 0.15) is 55.1 Å². The molecular formula is C15H27N3S. The van der Waals surface area contributed by atoms with E-state index in [2.05, 4.69) is 24.1 Å². The van der Waals surface area contributed by atoms with Gasteiger partial charge in [-0.25, -0.2) is 4.98 Å². The lowest BCUT2D eigenvalue weighted by atomic mass is 10.3. The molecule has 0 bridgehead atoms. The molecule has 0 atom stereocenters. The Hall–Kier alpha value is -0.450. The van der Waals surface area contributed by atoms with Gasteiger partial charge in [0.15, 0.2) is 0 Å². The summed E-state index contributed by atoms with van der Waals surface area (Å²) in [6.45, 7) is 10.1. The molecule has 0 aromatic carbocycles. The molecule has 0 radical (unpaired) electrons. The summed E-state index contributed by atoms with van der Waals surface area (Å²) < 4.78 is 0. The fourth-order valence-corrected chi connectivity index (χ4v) is 3.72. The van der Waals surface area contributed by atoms with Crippen molar-refractivity contribution in [2.75, 3.05) is 19.6 Å². The van der Waals surface area contributed by atoms with Gasteiger partial charge in [0.25, 0.3) is 0 Å². The molecule has 4 heteroatoms. The van der Waals surface area contributed by atoms with E-state index in [-0.39, 0.29) is 0 Å². The van der Waals surface area contributed by atoms with Gasteiger partial charge in [-0.05, 0) is 45.3 Å². The molecule has 1 fully saturated rings. The number of thiazole rings is 1. The lowest BCUT2D eigenvalue weighted by Gasteiger charge is -2.11.